The molecule has 2 aromatic carbocycles. The summed E-state index contributed by atoms with van der Waals surface area (Å²) in [6.45, 7) is 2.65. The molecule has 108 valence electrons. The van der Waals surface area contributed by atoms with E-state index in [9.17, 15) is 0 Å². The topological polar surface area (TPSA) is 69.9 Å². The Hall–Kier alpha value is -2.04. The molecular weight excluding hydrogens is 256 g/mol. The lowest BCUT2D eigenvalue weighted by atomic mass is 10.2. The number of rotatable bonds is 4. The van der Waals surface area contributed by atoms with Crippen LogP contribution in [0.5, 0.6) is 11.5 Å². The van der Waals surface area contributed by atoms with Crippen molar-refractivity contribution in [2.24, 2.45) is 0 Å². The van der Waals surface area contributed by atoms with E-state index < -0.39 is 0 Å². The van der Waals surface area contributed by atoms with Gasteiger partial charge in [-0.15, -0.1) is 0 Å². The van der Waals surface area contributed by atoms with Crippen LogP contribution in [0.2, 0.25) is 0 Å². The maximum Gasteiger partial charge on any atom is 0.119 e. The first-order chi connectivity index (χ1) is 9.69. The molecule has 2 aromatic rings. The molecule has 0 aliphatic heterocycles. The second-order valence-electron chi connectivity index (χ2n) is 4.07. The van der Waals surface area contributed by atoms with Gasteiger partial charge >= 0.3 is 0 Å². The van der Waals surface area contributed by atoms with Crippen LogP contribution in [0.4, 0.5) is 0 Å². The third-order valence-corrected chi connectivity index (χ3v) is 2.49. The Morgan fingerprint density at radius 3 is 2.00 bits per heavy atom. The molecule has 3 N–H and O–H groups in total. The summed E-state index contributed by atoms with van der Waals surface area (Å²) >= 11 is 0. The van der Waals surface area contributed by atoms with Crippen LogP contribution in [-0.4, -0.2) is 21.9 Å². The predicted octanol–water partition coefficient (Wildman–Crippen LogP) is 2.46. The highest BCUT2D eigenvalue weighted by molar-refractivity contribution is 5.28. The van der Waals surface area contributed by atoms with E-state index in [1.807, 2.05) is 31.2 Å². The maximum atomic E-state index is 8.83. The molecule has 0 spiro atoms. The first-order valence-electron chi connectivity index (χ1n) is 6.41. The van der Waals surface area contributed by atoms with Crippen molar-refractivity contribution in [3.63, 3.8) is 0 Å². The number of aliphatic hydroxyl groups is 2. The van der Waals surface area contributed by atoms with Gasteiger partial charge in [0.15, 0.2) is 0 Å². The normalized spacial score (nSPS) is 9.55. The molecule has 0 aromatic heterocycles. The summed E-state index contributed by atoms with van der Waals surface area (Å²) in [5, 5.41) is 26.2. The molecule has 4 heteroatoms. The SMILES string of the molecule is CCOc1cccc(CO)c1.OCc1cccc(O)c1. The second-order valence-corrected chi connectivity index (χ2v) is 4.07. The van der Waals surface area contributed by atoms with Crippen LogP contribution in [0, 0.1) is 0 Å². The van der Waals surface area contributed by atoms with Gasteiger partial charge in [0.05, 0.1) is 19.8 Å². The highest BCUT2D eigenvalue weighted by Gasteiger charge is 1.93. The molecule has 0 fully saturated rings. The lowest BCUT2D eigenvalue weighted by Gasteiger charge is -2.03. The van der Waals surface area contributed by atoms with Gasteiger partial charge in [-0.25, -0.2) is 0 Å². The van der Waals surface area contributed by atoms with E-state index in [1.165, 1.54) is 6.07 Å². The molecule has 4 nitrogen and oxygen atoms in total. The van der Waals surface area contributed by atoms with Crippen molar-refractivity contribution in [1.29, 1.82) is 0 Å². The molecule has 0 radical (unpaired) electrons. The highest BCUT2D eigenvalue weighted by atomic mass is 16.5. The fraction of sp³-hybridized carbons (Fsp3) is 0.250. The number of aliphatic hydroxyl groups excluding tert-OH is 2. The fourth-order valence-electron chi connectivity index (χ4n) is 1.56. The summed E-state index contributed by atoms with van der Waals surface area (Å²) < 4.78 is 5.24. The van der Waals surface area contributed by atoms with Crippen molar-refractivity contribution < 1.29 is 20.1 Å². The van der Waals surface area contributed by atoms with Crippen LogP contribution < -0.4 is 4.74 Å². The largest absolute Gasteiger partial charge is 0.508 e. The number of phenols is 1. The minimum Gasteiger partial charge on any atom is -0.508 e. The molecule has 0 aliphatic rings. The molecule has 0 unspecified atom stereocenters. The Morgan fingerprint density at radius 2 is 1.50 bits per heavy atom. The van der Waals surface area contributed by atoms with E-state index in [-0.39, 0.29) is 19.0 Å². The average molecular weight is 276 g/mol. The smallest absolute Gasteiger partial charge is 0.119 e. The van der Waals surface area contributed by atoms with Crippen molar-refractivity contribution in [2.45, 2.75) is 20.1 Å². The van der Waals surface area contributed by atoms with Crippen LogP contribution >= 0.6 is 0 Å². The van der Waals surface area contributed by atoms with Gasteiger partial charge in [0.25, 0.3) is 0 Å². The standard InChI is InChI=1S/C9H12O2.C7H8O2/c1-2-11-9-5-3-4-8(6-9)7-10;8-5-6-2-1-3-7(9)4-6/h3-6,10H,2,7H2,1H3;1-4,8-9H,5H2. The Kier molecular flexibility index (Phi) is 7.17. The lowest BCUT2D eigenvalue weighted by molar-refractivity contribution is 0.280. The van der Waals surface area contributed by atoms with Gasteiger partial charge in [-0.2, -0.15) is 0 Å². The molecule has 20 heavy (non-hydrogen) atoms. The Bertz CT molecular complexity index is 511. The van der Waals surface area contributed by atoms with Gasteiger partial charge in [-0.05, 0) is 42.3 Å². The summed E-state index contributed by atoms with van der Waals surface area (Å²) in [6.07, 6.45) is 0. The Balaban J connectivity index is 0.000000204. The van der Waals surface area contributed by atoms with E-state index in [0.717, 1.165) is 16.9 Å². The monoisotopic (exact) mass is 276 g/mol. The van der Waals surface area contributed by atoms with Crippen LogP contribution in [-0.2, 0) is 13.2 Å². The van der Waals surface area contributed by atoms with Gasteiger partial charge in [0.1, 0.15) is 11.5 Å². The predicted molar refractivity (Wildman–Crippen MR) is 77.6 cm³/mol. The second kappa shape index (κ2) is 8.96. The fourth-order valence-corrected chi connectivity index (χ4v) is 1.56. The van der Waals surface area contributed by atoms with Crippen LogP contribution in [0.1, 0.15) is 18.1 Å². The van der Waals surface area contributed by atoms with E-state index in [2.05, 4.69) is 0 Å². The van der Waals surface area contributed by atoms with Gasteiger partial charge in [-0.3, -0.25) is 0 Å². The zero-order valence-electron chi connectivity index (χ0n) is 11.5. The van der Waals surface area contributed by atoms with E-state index >= 15 is 0 Å². The zero-order chi connectivity index (χ0) is 14.8. The van der Waals surface area contributed by atoms with Gasteiger partial charge in [0, 0.05) is 0 Å². The van der Waals surface area contributed by atoms with Crippen LogP contribution in [0.15, 0.2) is 48.5 Å². The number of aromatic hydroxyl groups is 1. The molecule has 0 heterocycles. The Labute approximate surface area is 118 Å². The minimum atomic E-state index is -0.0194. The third-order valence-electron chi connectivity index (χ3n) is 2.49. The minimum absolute atomic E-state index is 0.0194. The first kappa shape index (κ1) is 16.0. The molecule has 0 bridgehead atoms. The quantitative estimate of drug-likeness (QED) is 0.802. The molecule has 0 saturated heterocycles. The zero-order valence-corrected chi connectivity index (χ0v) is 11.5. The van der Waals surface area contributed by atoms with Crippen LogP contribution in [0.25, 0.3) is 0 Å². The molecular formula is C16H20O4. The van der Waals surface area contributed by atoms with E-state index in [4.69, 9.17) is 20.1 Å². The van der Waals surface area contributed by atoms with Gasteiger partial charge < -0.3 is 20.1 Å². The maximum absolute atomic E-state index is 8.83. The molecule has 0 saturated carbocycles. The van der Waals surface area contributed by atoms with E-state index in [1.54, 1.807) is 18.2 Å². The number of phenolic OH excluding ortho intramolecular Hbond substituents is 1. The van der Waals surface area contributed by atoms with Crippen molar-refractivity contribution in [3.05, 3.63) is 59.7 Å². The number of hydrogen-bond donors (Lipinski definition) is 3. The number of ether oxygens (including phenoxy) is 1. The van der Waals surface area contributed by atoms with Crippen molar-refractivity contribution in [3.8, 4) is 11.5 Å². The van der Waals surface area contributed by atoms with Gasteiger partial charge in [-0.1, -0.05) is 24.3 Å². The number of benzene rings is 2. The van der Waals surface area contributed by atoms with Crippen molar-refractivity contribution >= 4 is 0 Å². The third kappa shape index (κ3) is 5.73. The van der Waals surface area contributed by atoms with Crippen molar-refractivity contribution in [2.75, 3.05) is 6.61 Å². The summed E-state index contributed by atoms with van der Waals surface area (Å²) in [4.78, 5) is 0. The molecule has 0 amide bonds. The first-order valence-corrected chi connectivity index (χ1v) is 6.41. The summed E-state index contributed by atoms with van der Waals surface area (Å²) in [5.74, 6) is 1.01. The Morgan fingerprint density at radius 1 is 0.900 bits per heavy atom. The average Bonchev–Trinajstić information content (AvgIpc) is 2.48. The molecule has 0 aliphatic carbocycles. The summed E-state index contributed by atoms with van der Waals surface area (Å²) in [7, 11) is 0. The summed E-state index contributed by atoms with van der Waals surface area (Å²) in [5.41, 5.74) is 1.62. The molecule has 0 atom stereocenters. The number of hydrogen-bond acceptors (Lipinski definition) is 4. The van der Waals surface area contributed by atoms with Crippen LogP contribution in [0.3, 0.4) is 0 Å². The highest BCUT2D eigenvalue weighted by Crippen LogP contribution is 2.12. The molecule has 2 rings (SSSR count). The lowest BCUT2D eigenvalue weighted by Crippen LogP contribution is -1.92. The summed E-state index contributed by atoms with van der Waals surface area (Å²) in [6, 6.07) is 14.0. The van der Waals surface area contributed by atoms with Gasteiger partial charge in [0.2, 0.25) is 0 Å². The van der Waals surface area contributed by atoms with E-state index in [0.29, 0.717) is 6.61 Å². The van der Waals surface area contributed by atoms with Crippen molar-refractivity contribution in [1.82, 2.24) is 0 Å².